The van der Waals surface area contributed by atoms with E-state index in [1.54, 1.807) is 19.9 Å². The van der Waals surface area contributed by atoms with Crippen LogP contribution < -0.4 is 11.3 Å². The van der Waals surface area contributed by atoms with Gasteiger partial charge in [0.05, 0.1) is 6.10 Å². The highest BCUT2D eigenvalue weighted by Crippen LogP contribution is 2.16. The fourth-order valence-electron chi connectivity index (χ4n) is 1.67. The monoisotopic (exact) mass is 241 g/mol. The third kappa shape index (κ3) is 3.85. The summed E-state index contributed by atoms with van der Waals surface area (Å²) in [4.78, 5) is 13.2. The third-order valence-electron chi connectivity index (χ3n) is 2.39. The number of hydrogen-bond donors (Lipinski definition) is 3. The molecule has 4 N–H and O–H groups in total. The molecule has 0 fully saturated rings. The van der Waals surface area contributed by atoms with Crippen LogP contribution in [0.25, 0.3) is 0 Å². The Hall–Kier alpha value is -1.37. The maximum Gasteiger partial charge on any atom is 0.300 e. The molecule has 1 heterocycles. The minimum absolute atomic E-state index is 0.199. The van der Waals surface area contributed by atoms with Crippen molar-refractivity contribution in [1.29, 1.82) is 0 Å². The molecule has 96 valence electrons. The minimum atomic E-state index is -0.447. The van der Waals surface area contributed by atoms with Crippen molar-refractivity contribution in [1.82, 2.24) is 10.3 Å². The Kier molecular flexibility index (Phi) is 4.68. The summed E-state index contributed by atoms with van der Waals surface area (Å²) in [5.74, 6) is 5.46. The molecule has 0 spiro atoms. The number of carbonyl (C=O) groups excluding carboxylic acids is 1. The molecule has 0 saturated heterocycles. The average Bonchev–Trinajstić information content (AvgIpc) is 2.58. The fraction of sp³-hybridized carbons (Fsp3) is 0.545. The van der Waals surface area contributed by atoms with Crippen LogP contribution in [0.15, 0.2) is 10.5 Å². The quantitative estimate of drug-likeness (QED) is 0.383. The highest BCUT2D eigenvalue weighted by molar-refractivity contribution is 5.91. The Morgan fingerprint density at radius 2 is 2.35 bits per heavy atom. The first kappa shape index (κ1) is 13.7. The summed E-state index contributed by atoms with van der Waals surface area (Å²) < 4.78 is 5.29. The molecule has 1 atom stereocenters. The van der Waals surface area contributed by atoms with Crippen molar-refractivity contribution < 1.29 is 14.3 Å². The summed E-state index contributed by atoms with van der Waals surface area (Å²) in [6.45, 7) is 4.69. The van der Waals surface area contributed by atoms with E-state index in [2.05, 4.69) is 0 Å². The van der Waals surface area contributed by atoms with Crippen molar-refractivity contribution in [2.24, 2.45) is 5.84 Å². The Morgan fingerprint density at radius 1 is 1.71 bits per heavy atom. The largest absolute Gasteiger partial charge is 0.456 e. The predicted octanol–water partition coefficient (Wildman–Crippen LogP) is 0.00412. The topological polar surface area (TPSA) is 91.7 Å². The Labute approximate surface area is 100 Å². The molecule has 6 nitrogen and oxygen atoms in total. The number of hydrazine groups is 1. The normalized spacial score (nSPS) is 12.8. The molecule has 6 heteroatoms. The van der Waals surface area contributed by atoms with Gasteiger partial charge in [-0.25, -0.2) is 5.84 Å². The van der Waals surface area contributed by atoms with Gasteiger partial charge in [0.2, 0.25) is 0 Å². The van der Waals surface area contributed by atoms with Gasteiger partial charge in [-0.2, -0.15) is 0 Å². The first-order valence-corrected chi connectivity index (χ1v) is 5.41. The number of nitrogen functional groups attached to an aromatic ring is 1. The van der Waals surface area contributed by atoms with Gasteiger partial charge in [0.25, 0.3) is 0 Å². The predicted molar refractivity (Wildman–Crippen MR) is 63.1 cm³/mol. The number of nitrogens with two attached hydrogens (primary N) is 1. The number of nitrogens with zero attached hydrogens (tertiary/aromatic N) is 1. The van der Waals surface area contributed by atoms with Crippen molar-refractivity contribution in [3.8, 4) is 0 Å². The molecule has 17 heavy (non-hydrogen) atoms. The smallest absolute Gasteiger partial charge is 0.300 e. The molecule has 0 aromatic carbocycles. The molecule has 0 saturated carbocycles. The number of furan rings is 1. The van der Waals surface area contributed by atoms with E-state index in [0.29, 0.717) is 18.8 Å². The van der Waals surface area contributed by atoms with Gasteiger partial charge in [-0.3, -0.25) is 15.1 Å². The summed E-state index contributed by atoms with van der Waals surface area (Å²) in [5.41, 5.74) is 2.93. The second-order valence-electron chi connectivity index (χ2n) is 4.21. The van der Waals surface area contributed by atoms with E-state index in [1.807, 2.05) is 17.4 Å². The number of carbonyl (C=O) groups is 1. The molecule has 1 rings (SSSR count). The van der Waals surface area contributed by atoms with Gasteiger partial charge in [0, 0.05) is 18.7 Å². The molecular weight excluding hydrogens is 222 g/mol. The summed E-state index contributed by atoms with van der Waals surface area (Å²) in [5, 5.41) is 9.26. The second kappa shape index (κ2) is 5.81. The minimum Gasteiger partial charge on any atom is -0.456 e. The van der Waals surface area contributed by atoms with Crippen LogP contribution >= 0.6 is 0 Å². The lowest BCUT2D eigenvalue weighted by molar-refractivity contribution is 0.0924. The van der Waals surface area contributed by atoms with Gasteiger partial charge in [0.1, 0.15) is 5.76 Å². The lowest BCUT2D eigenvalue weighted by Gasteiger charge is -2.17. The molecular formula is C11H19N3O3. The van der Waals surface area contributed by atoms with E-state index in [9.17, 15) is 9.90 Å². The number of amides is 1. The van der Waals surface area contributed by atoms with E-state index >= 15 is 0 Å². The van der Waals surface area contributed by atoms with Crippen molar-refractivity contribution >= 4 is 5.91 Å². The van der Waals surface area contributed by atoms with Crippen LogP contribution in [-0.2, 0) is 6.54 Å². The van der Waals surface area contributed by atoms with Crippen LogP contribution in [0.2, 0.25) is 0 Å². The molecule has 0 aliphatic rings. The highest BCUT2D eigenvalue weighted by atomic mass is 16.4. The summed E-state index contributed by atoms with van der Waals surface area (Å²) in [6.07, 6.45) is -0.390. The number of hydrogen-bond acceptors (Lipinski definition) is 5. The van der Waals surface area contributed by atoms with Crippen LogP contribution in [0.4, 0.5) is 0 Å². The lowest BCUT2D eigenvalue weighted by atomic mass is 10.2. The van der Waals surface area contributed by atoms with Crippen molar-refractivity contribution in [2.45, 2.75) is 26.5 Å². The first-order chi connectivity index (χ1) is 7.93. The molecule has 0 aliphatic carbocycles. The highest BCUT2D eigenvalue weighted by Gasteiger charge is 2.14. The SMILES string of the molecule is Cc1oc(C(=O)NN)cc1CN(C)CC(C)O. The molecule has 1 amide bonds. The zero-order valence-corrected chi connectivity index (χ0v) is 10.4. The summed E-state index contributed by atoms with van der Waals surface area (Å²) in [6, 6.07) is 1.66. The molecule has 0 bridgehead atoms. The van der Waals surface area contributed by atoms with Gasteiger partial charge in [0.15, 0.2) is 5.76 Å². The van der Waals surface area contributed by atoms with Crippen molar-refractivity contribution in [3.05, 3.63) is 23.2 Å². The van der Waals surface area contributed by atoms with E-state index in [1.165, 1.54) is 0 Å². The molecule has 0 aliphatic heterocycles. The second-order valence-corrected chi connectivity index (χ2v) is 4.21. The zero-order chi connectivity index (χ0) is 13.0. The van der Waals surface area contributed by atoms with Gasteiger partial charge in [-0.05, 0) is 27.0 Å². The number of nitrogens with one attached hydrogen (secondary N) is 1. The summed E-state index contributed by atoms with van der Waals surface area (Å²) >= 11 is 0. The van der Waals surface area contributed by atoms with E-state index in [-0.39, 0.29) is 11.9 Å². The molecule has 1 aromatic rings. The maximum absolute atomic E-state index is 11.3. The molecule has 0 radical (unpaired) electrons. The lowest BCUT2D eigenvalue weighted by Crippen LogP contribution is -2.29. The van der Waals surface area contributed by atoms with E-state index < -0.39 is 5.91 Å². The Morgan fingerprint density at radius 3 is 2.88 bits per heavy atom. The number of aryl methyl sites for hydroxylation is 1. The van der Waals surface area contributed by atoms with Gasteiger partial charge in [-0.1, -0.05) is 0 Å². The van der Waals surface area contributed by atoms with Crippen LogP contribution in [0.3, 0.4) is 0 Å². The molecule has 1 unspecified atom stereocenters. The van der Waals surface area contributed by atoms with Crippen molar-refractivity contribution in [2.75, 3.05) is 13.6 Å². The fourth-order valence-corrected chi connectivity index (χ4v) is 1.67. The van der Waals surface area contributed by atoms with Crippen LogP contribution in [0.5, 0.6) is 0 Å². The number of likely N-dealkylation sites (N-methyl/N-ethyl adjacent to an activating group) is 1. The number of aliphatic hydroxyl groups is 1. The van der Waals surface area contributed by atoms with E-state index in [4.69, 9.17) is 10.3 Å². The van der Waals surface area contributed by atoms with Crippen LogP contribution in [-0.4, -0.2) is 35.6 Å². The van der Waals surface area contributed by atoms with Gasteiger partial charge >= 0.3 is 5.91 Å². The standard InChI is InChI=1S/C11H19N3O3/c1-7(15)5-14(3)6-9-4-10(11(16)13-12)17-8(9)2/h4,7,15H,5-6,12H2,1-3H3,(H,13,16). The number of rotatable bonds is 5. The van der Waals surface area contributed by atoms with E-state index in [0.717, 1.165) is 5.56 Å². The Balaban J connectivity index is 2.71. The van der Waals surface area contributed by atoms with Crippen LogP contribution in [0.1, 0.15) is 28.8 Å². The first-order valence-electron chi connectivity index (χ1n) is 5.41. The average molecular weight is 241 g/mol. The third-order valence-corrected chi connectivity index (χ3v) is 2.39. The Bertz CT molecular complexity index is 387. The summed E-state index contributed by atoms with van der Waals surface area (Å²) in [7, 11) is 1.89. The van der Waals surface area contributed by atoms with Crippen LogP contribution in [0, 0.1) is 6.92 Å². The molecule has 1 aromatic heterocycles. The maximum atomic E-state index is 11.3. The van der Waals surface area contributed by atoms with Gasteiger partial charge in [-0.15, -0.1) is 0 Å². The zero-order valence-electron chi connectivity index (χ0n) is 10.4. The van der Waals surface area contributed by atoms with Gasteiger partial charge < -0.3 is 9.52 Å². The van der Waals surface area contributed by atoms with Crippen molar-refractivity contribution in [3.63, 3.8) is 0 Å². The number of aliphatic hydroxyl groups excluding tert-OH is 1.